The number of ether oxygens (including phenoxy) is 1. The molecule has 0 unspecified atom stereocenters. The van der Waals surface area contributed by atoms with Crippen LogP contribution in [0.25, 0.3) is 0 Å². The summed E-state index contributed by atoms with van der Waals surface area (Å²) in [5.41, 5.74) is -1.10. The van der Waals surface area contributed by atoms with Gasteiger partial charge in [-0.25, -0.2) is 9.78 Å². The number of Topliss-reactive ketones (excluding diaryl/α,β-unsaturated/α-hetero) is 1. The van der Waals surface area contributed by atoms with Crippen LogP contribution in [-0.2, 0) is 9.59 Å². The van der Waals surface area contributed by atoms with Crippen LogP contribution in [0.5, 0.6) is 5.75 Å². The Morgan fingerprint density at radius 2 is 1.80 bits per heavy atom. The van der Waals surface area contributed by atoms with Gasteiger partial charge in [-0.2, -0.15) is 13.2 Å². The van der Waals surface area contributed by atoms with Crippen LogP contribution in [-0.4, -0.2) is 47.8 Å². The lowest BCUT2D eigenvalue weighted by atomic mass is 9.96. The number of nitrogens with zero attached hydrogens (tertiary/aromatic N) is 1. The number of carbonyl (C=O) groups excluding carboxylic acids is 4. The van der Waals surface area contributed by atoms with Crippen molar-refractivity contribution in [3.63, 3.8) is 0 Å². The summed E-state index contributed by atoms with van der Waals surface area (Å²) < 4.78 is 43.3. The van der Waals surface area contributed by atoms with Crippen molar-refractivity contribution in [3.8, 4) is 5.75 Å². The van der Waals surface area contributed by atoms with Crippen molar-refractivity contribution >= 4 is 46.7 Å². The minimum Gasteiger partial charge on any atom is -0.418 e. The molecule has 1 aromatic heterocycles. The molecule has 0 aliphatic carbocycles. The second-order valence-electron chi connectivity index (χ2n) is 7.67. The number of hydrogen-bond acceptors (Lipinski definition) is 7. The van der Waals surface area contributed by atoms with Gasteiger partial charge in [-0.15, -0.1) is 0 Å². The van der Waals surface area contributed by atoms with Crippen LogP contribution in [0.1, 0.15) is 40.5 Å². The molecule has 0 bridgehead atoms. The monoisotopic (exact) mass is 512 g/mol. The molecule has 1 aromatic carbocycles. The van der Waals surface area contributed by atoms with Crippen LogP contribution in [0, 0.1) is 5.92 Å². The molecular weight excluding hydrogens is 493 g/mol. The fourth-order valence-electron chi connectivity index (χ4n) is 3.31. The van der Waals surface area contributed by atoms with Gasteiger partial charge in [-0.3, -0.25) is 14.4 Å². The molecule has 9 nitrogen and oxygen atoms in total. The highest BCUT2D eigenvalue weighted by Gasteiger charge is 2.42. The van der Waals surface area contributed by atoms with Crippen LogP contribution in [0.2, 0.25) is 5.02 Å². The summed E-state index contributed by atoms with van der Waals surface area (Å²) in [6.07, 6.45) is -3.21. The van der Waals surface area contributed by atoms with Gasteiger partial charge in [0.15, 0.2) is 11.5 Å². The molecule has 3 N–H and O–H groups in total. The van der Waals surface area contributed by atoms with Crippen molar-refractivity contribution in [1.29, 1.82) is 0 Å². The first-order chi connectivity index (χ1) is 16.5. The summed E-state index contributed by atoms with van der Waals surface area (Å²) in [6.45, 7) is 2.21. The summed E-state index contributed by atoms with van der Waals surface area (Å²) >= 11 is 5.78. The summed E-state index contributed by atoms with van der Waals surface area (Å²) in [6, 6.07) is 4.75. The predicted molar refractivity (Wildman–Crippen MR) is 120 cm³/mol. The van der Waals surface area contributed by atoms with Crippen LogP contribution < -0.4 is 20.7 Å². The van der Waals surface area contributed by atoms with Gasteiger partial charge >= 0.3 is 12.1 Å². The summed E-state index contributed by atoms with van der Waals surface area (Å²) in [5.74, 6) is -5.96. The van der Waals surface area contributed by atoms with E-state index in [4.69, 9.17) is 11.6 Å². The highest BCUT2D eigenvalue weighted by Crippen LogP contribution is 2.34. The second-order valence-corrected chi connectivity index (χ2v) is 8.11. The SMILES string of the molecule is CC(=O)c1cc(OC(=O)C(F)(F)F)c(NC(=O)C2CCNCC2)c(C(=O)Nc2ccc(Cl)cn2)c1. The van der Waals surface area contributed by atoms with E-state index < -0.39 is 52.7 Å². The number of piperidine rings is 1. The van der Waals surface area contributed by atoms with Crippen molar-refractivity contribution in [1.82, 2.24) is 10.3 Å². The minimum atomic E-state index is -5.36. The van der Waals surface area contributed by atoms with Gasteiger partial charge in [-0.05, 0) is 57.1 Å². The quantitative estimate of drug-likeness (QED) is 0.307. The van der Waals surface area contributed by atoms with E-state index >= 15 is 0 Å². The topological polar surface area (TPSA) is 126 Å². The highest BCUT2D eigenvalue weighted by molar-refractivity contribution is 6.30. The molecule has 2 heterocycles. The summed E-state index contributed by atoms with van der Waals surface area (Å²) in [7, 11) is 0. The first-order valence-electron chi connectivity index (χ1n) is 10.4. The molecule has 0 radical (unpaired) electrons. The number of carbonyl (C=O) groups is 4. The summed E-state index contributed by atoms with van der Waals surface area (Å²) in [4.78, 5) is 53.4. The Labute approximate surface area is 202 Å². The number of benzene rings is 1. The van der Waals surface area contributed by atoms with Crippen molar-refractivity contribution in [3.05, 3.63) is 46.6 Å². The lowest BCUT2D eigenvalue weighted by Gasteiger charge is -2.23. The van der Waals surface area contributed by atoms with Crippen molar-refractivity contribution in [2.75, 3.05) is 23.7 Å². The Hall–Kier alpha value is -3.51. The van der Waals surface area contributed by atoms with E-state index in [0.29, 0.717) is 25.9 Å². The van der Waals surface area contributed by atoms with Gasteiger partial charge in [0.2, 0.25) is 5.91 Å². The number of hydrogen-bond donors (Lipinski definition) is 3. The number of halogens is 4. The zero-order valence-corrected chi connectivity index (χ0v) is 19.0. The van der Waals surface area contributed by atoms with Crippen LogP contribution in [0.4, 0.5) is 24.7 Å². The van der Waals surface area contributed by atoms with Gasteiger partial charge in [0.05, 0.1) is 16.3 Å². The Bertz CT molecular complexity index is 1150. The maximum absolute atomic E-state index is 13.1. The number of ketones is 1. The lowest BCUT2D eigenvalue weighted by molar-refractivity contribution is -0.189. The Morgan fingerprint density at radius 3 is 2.37 bits per heavy atom. The molecule has 0 saturated carbocycles. The highest BCUT2D eigenvalue weighted by atomic mass is 35.5. The Morgan fingerprint density at radius 1 is 1.11 bits per heavy atom. The van der Waals surface area contributed by atoms with Gasteiger partial charge in [0, 0.05) is 17.7 Å². The van der Waals surface area contributed by atoms with Gasteiger partial charge in [-0.1, -0.05) is 11.6 Å². The summed E-state index contributed by atoms with van der Waals surface area (Å²) in [5, 5.41) is 8.20. The number of aromatic nitrogens is 1. The average Bonchev–Trinajstić information content (AvgIpc) is 2.81. The second kappa shape index (κ2) is 10.8. The van der Waals surface area contributed by atoms with E-state index in [9.17, 15) is 32.3 Å². The van der Waals surface area contributed by atoms with Crippen LogP contribution >= 0.6 is 11.6 Å². The normalized spacial score (nSPS) is 14.2. The Balaban J connectivity index is 2.07. The number of anilines is 2. The number of esters is 1. The maximum atomic E-state index is 13.1. The van der Waals surface area contributed by atoms with Crippen molar-refractivity contribution in [2.45, 2.75) is 25.9 Å². The lowest BCUT2D eigenvalue weighted by Crippen LogP contribution is -2.35. The first-order valence-corrected chi connectivity index (χ1v) is 10.8. The van der Waals surface area contributed by atoms with Crippen LogP contribution in [0.3, 0.4) is 0 Å². The number of nitrogens with one attached hydrogen (secondary N) is 3. The third kappa shape index (κ3) is 6.76. The van der Waals surface area contributed by atoms with Gasteiger partial charge in [0.1, 0.15) is 5.82 Å². The van der Waals surface area contributed by atoms with E-state index in [2.05, 4.69) is 25.7 Å². The zero-order chi connectivity index (χ0) is 25.8. The van der Waals surface area contributed by atoms with Gasteiger partial charge in [0.25, 0.3) is 5.91 Å². The molecule has 3 rings (SSSR count). The molecule has 1 aliphatic heterocycles. The van der Waals surface area contributed by atoms with E-state index in [1.807, 2.05) is 0 Å². The number of alkyl halides is 3. The molecule has 0 spiro atoms. The van der Waals surface area contributed by atoms with E-state index in [-0.39, 0.29) is 16.4 Å². The fraction of sp³-hybridized carbons (Fsp3) is 0.318. The van der Waals surface area contributed by atoms with E-state index in [1.54, 1.807) is 0 Å². The molecule has 1 saturated heterocycles. The molecule has 13 heteroatoms. The third-order valence-corrected chi connectivity index (χ3v) is 5.34. The van der Waals surface area contributed by atoms with Crippen LogP contribution in [0.15, 0.2) is 30.5 Å². The Kier molecular flexibility index (Phi) is 8.07. The maximum Gasteiger partial charge on any atom is 0.491 e. The molecule has 1 aliphatic rings. The molecule has 0 atom stereocenters. The minimum absolute atomic E-state index is 0.0390. The average molecular weight is 513 g/mol. The molecule has 2 amide bonds. The fourth-order valence-corrected chi connectivity index (χ4v) is 3.42. The molecule has 186 valence electrons. The molecule has 35 heavy (non-hydrogen) atoms. The number of rotatable bonds is 6. The zero-order valence-electron chi connectivity index (χ0n) is 18.3. The van der Waals surface area contributed by atoms with Crippen molar-refractivity contribution < 1.29 is 37.1 Å². The van der Waals surface area contributed by atoms with E-state index in [1.165, 1.54) is 18.3 Å². The standard InChI is InChI=1S/C22H20ClF3N4O5/c1-11(31)13-8-15(20(33)29-17-3-2-14(23)10-28-17)18(16(9-13)35-21(34)22(24,25)26)30-19(32)12-4-6-27-7-5-12/h2-3,8-10,12,27H,4-7H2,1H3,(H,30,32)(H,28,29,33). The number of pyridine rings is 1. The molecular formula is C22H20ClF3N4O5. The predicted octanol–water partition coefficient (Wildman–Crippen LogP) is 3.60. The molecule has 1 fully saturated rings. The third-order valence-electron chi connectivity index (χ3n) is 5.11. The van der Waals surface area contributed by atoms with E-state index in [0.717, 1.165) is 19.1 Å². The van der Waals surface area contributed by atoms with Gasteiger partial charge < -0.3 is 20.7 Å². The number of amides is 2. The largest absolute Gasteiger partial charge is 0.491 e. The van der Waals surface area contributed by atoms with Crippen molar-refractivity contribution in [2.24, 2.45) is 5.92 Å². The smallest absolute Gasteiger partial charge is 0.418 e. The first kappa shape index (κ1) is 26.1. The molecule has 2 aromatic rings.